The van der Waals surface area contributed by atoms with Gasteiger partial charge in [0.05, 0.1) is 17.6 Å². The lowest BCUT2D eigenvalue weighted by molar-refractivity contribution is -0.384. The van der Waals surface area contributed by atoms with E-state index in [-0.39, 0.29) is 47.2 Å². The average molecular weight is 377 g/mol. The fraction of sp³-hybridized carbons (Fsp3) is 0.579. The number of amides is 2. The first kappa shape index (κ1) is 20.8. The van der Waals surface area contributed by atoms with Crippen molar-refractivity contribution in [1.82, 2.24) is 10.6 Å². The van der Waals surface area contributed by atoms with Gasteiger partial charge in [-0.3, -0.25) is 19.7 Å². The number of carbonyl (C=O) groups is 2. The molecule has 1 saturated carbocycles. The molecule has 0 bridgehead atoms. The second kappa shape index (κ2) is 8.47. The van der Waals surface area contributed by atoms with E-state index in [0.29, 0.717) is 0 Å². The average Bonchev–Trinajstić information content (AvgIpc) is 2.68. The fourth-order valence-electron chi connectivity index (χ4n) is 4.34. The van der Waals surface area contributed by atoms with Gasteiger partial charge in [-0.2, -0.15) is 0 Å². The van der Waals surface area contributed by atoms with Crippen molar-refractivity contribution >= 4 is 17.5 Å². The minimum absolute atomic E-state index is 0.0142. The van der Waals surface area contributed by atoms with Crippen LogP contribution in [-0.4, -0.2) is 42.5 Å². The Kier molecular flexibility index (Phi) is 6.54. The minimum atomic E-state index is -0.567. The van der Waals surface area contributed by atoms with Crippen LogP contribution in [0.25, 0.3) is 0 Å². The number of carbonyl (C=O) groups excluding carboxylic acids is 2. The van der Waals surface area contributed by atoms with Gasteiger partial charge in [0.1, 0.15) is 0 Å². The highest BCUT2D eigenvalue weighted by Crippen LogP contribution is 2.52. The van der Waals surface area contributed by atoms with Gasteiger partial charge in [0, 0.05) is 42.2 Å². The van der Waals surface area contributed by atoms with Crippen LogP contribution in [0.1, 0.15) is 44.0 Å². The third-order valence-electron chi connectivity index (χ3n) is 5.80. The third-order valence-corrected chi connectivity index (χ3v) is 5.80. The van der Waals surface area contributed by atoms with Crippen LogP contribution in [0, 0.1) is 21.4 Å². The van der Waals surface area contributed by atoms with Gasteiger partial charge in [-0.15, -0.1) is 0 Å². The Balaban J connectivity index is 1.95. The molecule has 0 radical (unpaired) electrons. The van der Waals surface area contributed by atoms with Gasteiger partial charge in [0.2, 0.25) is 5.91 Å². The summed E-state index contributed by atoms with van der Waals surface area (Å²) in [6.07, 6.45) is 1.87. The number of hydrogen-bond acceptors (Lipinski definition) is 5. The molecule has 1 fully saturated rings. The smallest absolute Gasteiger partial charge is 0.270 e. The van der Waals surface area contributed by atoms with Crippen molar-refractivity contribution in [3.05, 3.63) is 39.9 Å². The molecule has 8 nitrogen and oxygen atoms in total. The summed E-state index contributed by atoms with van der Waals surface area (Å²) in [6, 6.07) is 5.38. The molecule has 1 aromatic rings. The van der Waals surface area contributed by atoms with E-state index in [1.807, 2.05) is 6.92 Å². The lowest BCUT2D eigenvalue weighted by Gasteiger charge is -2.59. The van der Waals surface area contributed by atoms with E-state index in [1.165, 1.54) is 24.3 Å². The van der Waals surface area contributed by atoms with Crippen LogP contribution in [0.15, 0.2) is 24.3 Å². The molecule has 2 N–H and O–H groups in total. The van der Waals surface area contributed by atoms with Gasteiger partial charge in [-0.25, -0.2) is 0 Å². The quantitative estimate of drug-likeness (QED) is 0.533. The predicted molar refractivity (Wildman–Crippen MR) is 100 cm³/mol. The molecule has 3 atom stereocenters. The van der Waals surface area contributed by atoms with Crippen LogP contribution in [-0.2, 0) is 9.53 Å². The number of rotatable bonds is 8. The lowest BCUT2D eigenvalue weighted by Crippen LogP contribution is -2.70. The summed E-state index contributed by atoms with van der Waals surface area (Å²) >= 11 is 0. The number of nitrogens with zero attached hydrogens (tertiary/aromatic N) is 1. The highest BCUT2D eigenvalue weighted by atomic mass is 16.6. The molecule has 1 aliphatic carbocycles. The maximum absolute atomic E-state index is 12.3. The Morgan fingerprint density at radius 3 is 2.52 bits per heavy atom. The number of ether oxygens (including phenoxy) is 1. The van der Waals surface area contributed by atoms with E-state index in [9.17, 15) is 19.7 Å². The Morgan fingerprint density at radius 2 is 1.96 bits per heavy atom. The number of nitrogens with one attached hydrogen (secondary N) is 2. The molecule has 1 aromatic carbocycles. The van der Waals surface area contributed by atoms with Crippen molar-refractivity contribution in [2.24, 2.45) is 11.3 Å². The molecular formula is C19H27N3O5. The van der Waals surface area contributed by atoms with Crippen molar-refractivity contribution in [2.45, 2.75) is 45.8 Å². The molecule has 27 heavy (non-hydrogen) atoms. The number of nitro groups is 1. The number of nitro benzene ring substituents is 1. The normalized spacial score (nSPS) is 23.2. The summed E-state index contributed by atoms with van der Waals surface area (Å²) in [5.74, 6) is -0.625. The van der Waals surface area contributed by atoms with Gasteiger partial charge in [-0.1, -0.05) is 26.8 Å². The lowest BCUT2D eigenvalue weighted by atomic mass is 9.53. The predicted octanol–water partition coefficient (Wildman–Crippen LogP) is 2.28. The van der Waals surface area contributed by atoms with Crippen LogP contribution >= 0.6 is 0 Å². The van der Waals surface area contributed by atoms with Crippen molar-refractivity contribution in [1.29, 1.82) is 0 Å². The van der Waals surface area contributed by atoms with Crippen molar-refractivity contribution in [2.75, 3.05) is 13.7 Å². The zero-order valence-corrected chi connectivity index (χ0v) is 16.2. The molecule has 0 aliphatic heterocycles. The highest BCUT2D eigenvalue weighted by Gasteiger charge is 2.58. The summed E-state index contributed by atoms with van der Waals surface area (Å²) in [7, 11) is 1.69. The van der Waals surface area contributed by atoms with Gasteiger partial charge in [0.25, 0.3) is 11.6 Å². The summed E-state index contributed by atoms with van der Waals surface area (Å²) in [4.78, 5) is 34.7. The maximum atomic E-state index is 12.3. The van der Waals surface area contributed by atoms with Gasteiger partial charge < -0.3 is 15.4 Å². The summed E-state index contributed by atoms with van der Waals surface area (Å²) in [6.45, 7) is 6.03. The van der Waals surface area contributed by atoms with Crippen molar-refractivity contribution in [3.8, 4) is 0 Å². The van der Waals surface area contributed by atoms with Crippen molar-refractivity contribution in [3.63, 3.8) is 0 Å². The SMILES string of the molecule is CCC1(CC)[C@H](NC(=O)CNC(=O)c2cccc([N+](=O)[O-])c2)[C@H](C)[C@H]1OC. The monoisotopic (exact) mass is 377 g/mol. The first-order valence-corrected chi connectivity index (χ1v) is 9.15. The van der Waals surface area contributed by atoms with E-state index in [2.05, 4.69) is 24.5 Å². The Labute approximate surface area is 158 Å². The Bertz CT molecular complexity index is 717. The van der Waals surface area contributed by atoms with Gasteiger partial charge >= 0.3 is 0 Å². The van der Waals surface area contributed by atoms with E-state index in [1.54, 1.807) is 7.11 Å². The Hall–Kier alpha value is -2.48. The molecule has 0 heterocycles. The molecule has 2 rings (SSSR count). The first-order valence-electron chi connectivity index (χ1n) is 9.15. The van der Waals surface area contributed by atoms with Gasteiger partial charge in [-0.05, 0) is 18.9 Å². The molecule has 8 heteroatoms. The fourth-order valence-corrected chi connectivity index (χ4v) is 4.34. The summed E-state index contributed by atoms with van der Waals surface area (Å²) in [5, 5.41) is 16.3. The number of non-ortho nitro benzene ring substituents is 1. The zero-order valence-electron chi connectivity index (χ0n) is 16.2. The molecule has 148 valence electrons. The van der Waals surface area contributed by atoms with E-state index < -0.39 is 10.8 Å². The molecular weight excluding hydrogens is 350 g/mol. The van der Waals surface area contributed by atoms with E-state index in [4.69, 9.17) is 4.74 Å². The van der Waals surface area contributed by atoms with Crippen LogP contribution in [0.4, 0.5) is 5.69 Å². The third kappa shape index (κ3) is 3.95. The largest absolute Gasteiger partial charge is 0.380 e. The minimum Gasteiger partial charge on any atom is -0.380 e. The second-order valence-corrected chi connectivity index (χ2v) is 6.99. The first-order chi connectivity index (χ1) is 12.8. The maximum Gasteiger partial charge on any atom is 0.270 e. The number of methoxy groups -OCH3 is 1. The summed E-state index contributed by atoms with van der Waals surface area (Å²) < 4.78 is 5.62. The summed E-state index contributed by atoms with van der Waals surface area (Å²) in [5.41, 5.74) is -0.130. The topological polar surface area (TPSA) is 111 Å². The molecule has 0 aromatic heterocycles. The van der Waals surface area contributed by atoms with Crippen LogP contribution in [0.5, 0.6) is 0 Å². The second-order valence-electron chi connectivity index (χ2n) is 6.99. The molecule has 0 unspecified atom stereocenters. The Morgan fingerprint density at radius 1 is 1.30 bits per heavy atom. The zero-order chi connectivity index (χ0) is 20.2. The molecule has 1 aliphatic rings. The number of benzene rings is 1. The van der Waals surface area contributed by atoms with Crippen LogP contribution in [0.2, 0.25) is 0 Å². The molecule has 2 amide bonds. The van der Waals surface area contributed by atoms with E-state index in [0.717, 1.165) is 12.8 Å². The van der Waals surface area contributed by atoms with Gasteiger partial charge in [0.15, 0.2) is 0 Å². The number of hydrogen-bond donors (Lipinski definition) is 2. The highest BCUT2D eigenvalue weighted by molar-refractivity contribution is 5.97. The molecule has 0 saturated heterocycles. The van der Waals surface area contributed by atoms with E-state index >= 15 is 0 Å². The molecule has 0 spiro atoms. The van der Waals surface area contributed by atoms with Crippen LogP contribution in [0.3, 0.4) is 0 Å². The standard InChI is InChI=1S/C19H27N3O5/c1-5-19(6-2)16(12(3)17(19)27-4)21-15(23)11-20-18(24)13-8-7-9-14(10-13)22(25)26/h7-10,12,16-17H,5-6,11H2,1-4H3,(H,20,24)(H,21,23)/t12-,16+,17+/m0/s1. The van der Waals surface area contributed by atoms with Crippen molar-refractivity contribution < 1.29 is 19.2 Å². The van der Waals surface area contributed by atoms with Crippen LogP contribution < -0.4 is 10.6 Å².